The fourth-order valence-corrected chi connectivity index (χ4v) is 2.96. The predicted molar refractivity (Wildman–Crippen MR) is 77.3 cm³/mol. The molecule has 112 valence electrons. The monoisotopic (exact) mass is 279 g/mol. The van der Waals surface area contributed by atoms with Crippen LogP contribution in [0.25, 0.3) is 0 Å². The predicted octanol–water partition coefficient (Wildman–Crippen LogP) is 2.27. The van der Waals surface area contributed by atoms with Gasteiger partial charge in [-0.1, -0.05) is 6.92 Å². The summed E-state index contributed by atoms with van der Waals surface area (Å²) >= 11 is 0. The number of nitrogens with one attached hydrogen (secondary N) is 1. The number of aryl methyl sites for hydroxylation is 1. The van der Waals surface area contributed by atoms with Gasteiger partial charge in [0.2, 0.25) is 0 Å². The van der Waals surface area contributed by atoms with E-state index >= 15 is 0 Å². The number of hydrogen-bond acceptors (Lipinski definition) is 3. The molecule has 1 fully saturated rings. The van der Waals surface area contributed by atoms with Gasteiger partial charge < -0.3 is 15.0 Å². The Balaban J connectivity index is 1.69. The standard InChI is InChI=1S/C15H25N3O2/c1-2-7-18-11-17-10-14(18)9-16-8-12-3-5-13(6-4-12)15(19)20/h10-13,16H,2-9H2,1H3,(H,19,20). The van der Waals surface area contributed by atoms with E-state index in [1.807, 2.05) is 12.5 Å². The van der Waals surface area contributed by atoms with Crippen molar-refractivity contribution in [3.8, 4) is 0 Å². The Morgan fingerprint density at radius 3 is 2.85 bits per heavy atom. The van der Waals surface area contributed by atoms with E-state index in [-0.39, 0.29) is 5.92 Å². The van der Waals surface area contributed by atoms with Crippen molar-refractivity contribution in [1.29, 1.82) is 0 Å². The van der Waals surface area contributed by atoms with Gasteiger partial charge in [0, 0.05) is 19.3 Å². The summed E-state index contributed by atoms with van der Waals surface area (Å²) in [6.45, 7) is 5.00. The molecule has 0 atom stereocenters. The normalized spacial score (nSPS) is 22.9. The SMILES string of the molecule is CCCn1cncc1CNCC1CCC(C(=O)O)CC1. The lowest BCUT2D eigenvalue weighted by Crippen LogP contribution is -2.29. The quantitative estimate of drug-likeness (QED) is 0.803. The first kappa shape index (κ1) is 15.0. The number of nitrogens with zero attached hydrogens (tertiary/aromatic N) is 2. The summed E-state index contributed by atoms with van der Waals surface area (Å²) < 4.78 is 2.19. The van der Waals surface area contributed by atoms with Crippen LogP contribution < -0.4 is 5.32 Å². The minimum atomic E-state index is -0.625. The van der Waals surface area contributed by atoms with Gasteiger partial charge >= 0.3 is 5.97 Å². The first-order valence-electron chi connectivity index (χ1n) is 7.63. The number of aromatic nitrogens is 2. The molecule has 0 unspecified atom stereocenters. The third-order valence-corrected chi connectivity index (χ3v) is 4.20. The lowest BCUT2D eigenvalue weighted by atomic mass is 9.82. The first-order chi connectivity index (χ1) is 9.70. The zero-order chi connectivity index (χ0) is 14.4. The van der Waals surface area contributed by atoms with Crippen molar-refractivity contribution in [1.82, 2.24) is 14.9 Å². The zero-order valence-electron chi connectivity index (χ0n) is 12.2. The van der Waals surface area contributed by atoms with Crippen LogP contribution in [0.5, 0.6) is 0 Å². The summed E-state index contributed by atoms with van der Waals surface area (Å²) in [6, 6.07) is 0. The van der Waals surface area contributed by atoms with Crippen molar-refractivity contribution in [3.05, 3.63) is 18.2 Å². The lowest BCUT2D eigenvalue weighted by Gasteiger charge is -2.26. The van der Waals surface area contributed by atoms with Gasteiger partial charge in [-0.2, -0.15) is 0 Å². The molecule has 0 aliphatic heterocycles. The number of carboxylic acids is 1. The Bertz CT molecular complexity index is 423. The van der Waals surface area contributed by atoms with Crippen molar-refractivity contribution in [2.45, 2.75) is 52.1 Å². The molecule has 0 spiro atoms. The van der Waals surface area contributed by atoms with Crippen molar-refractivity contribution < 1.29 is 9.90 Å². The van der Waals surface area contributed by atoms with Gasteiger partial charge in [0.25, 0.3) is 0 Å². The molecule has 0 radical (unpaired) electrons. The highest BCUT2D eigenvalue weighted by Crippen LogP contribution is 2.28. The van der Waals surface area contributed by atoms with Crippen LogP contribution in [0.1, 0.15) is 44.7 Å². The van der Waals surface area contributed by atoms with Crippen LogP contribution in [0.3, 0.4) is 0 Å². The van der Waals surface area contributed by atoms with Crippen molar-refractivity contribution >= 4 is 5.97 Å². The molecule has 1 aromatic heterocycles. The average Bonchev–Trinajstić information content (AvgIpc) is 2.87. The highest BCUT2D eigenvalue weighted by Gasteiger charge is 2.25. The van der Waals surface area contributed by atoms with Gasteiger partial charge in [-0.05, 0) is 44.6 Å². The van der Waals surface area contributed by atoms with Crippen molar-refractivity contribution in [2.75, 3.05) is 6.54 Å². The number of carboxylic acid groups (broad SMARTS) is 1. The lowest BCUT2D eigenvalue weighted by molar-refractivity contribution is -0.143. The molecule has 5 heteroatoms. The van der Waals surface area contributed by atoms with Gasteiger partial charge in [0.1, 0.15) is 0 Å². The van der Waals surface area contributed by atoms with Crippen LogP contribution in [0, 0.1) is 11.8 Å². The van der Waals surface area contributed by atoms with E-state index in [4.69, 9.17) is 5.11 Å². The molecule has 0 saturated heterocycles. The molecule has 1 aromatic rings. The fourth-order valence-electron chi connectivity index (χ4n) is 2.96. The number of carbonyl (C=O) groups is 1. The summed E-state index contributed by atoms with van der Waals surface area (Å²) in [5.41, 5.74) is 1.23. The summed E-state index contributed by atoms with van der Waals surface area (Å²) in [7, 11) is 0. The maximum Gasteiger partial charge on any atom is 0.306 e. The van der Waals surface area contributed by atoms with Crippen LogP contribution >= 0.6 is 0 Å². The molecular formula is C15H25N3O2. The van der Waals surface area contributed by atoms with Gasteiger partial charge in [-0.3, -0.25) is 4.79 Å². The second kappa shape index (κ2) is 7.43. The van der Waals surface area contributed by atoms with Gasteiger partial charge in [-0.15, -0.1) is 0 Å². The van der Waals surface area contributed by atoms with E-state index in [0.717, 1.165) is 51.7 Å². The van der Waals surface area contributed by atoms with Crippen LogP contribution in [0.4, 0.5) is 0 Å². The van der Waals surface area contributed by atoms with Crippen LogP contribution in [-0.4, -0.2) is 27.2 Å². The summed E-state index contributed by atoms with van der Waals surface area (Å²) in [4.78, 5) is 15.1. The number of imidazole rings is 1. The van der Waals surface area contributed by atoms with Gasteiger partial charge in [0.05, 0.1) is 17.9 Å². The Hall–Kier alpha value is -1.36. The van der Waals surface area contributed by atoms with Crippen LogP contribution in [0.2, 0.25) is 0 Å². The Morgan fingerprint density at radius 2 is 2.20 bits per heavy atom. The molecule has 1 aliphatic carbocycles. The highest BCUT2D eigenvalue weighted by molar-refractivity contribution is 5.69. The molecule has 0 aromatic carbocycles. The molecule has 1 aliphatic rings. The second-order valence-corrected chi connectivity index (χ2v) is 5.77. The number of aliphatic carboxylic acids is 1. The molecule has 2 N–H and O–H groups in total. The smallest absolute Gasteiger partial charge is 0.306 e. The Kier molecular flexibility index (Phi) is 5.59. The van der Waals surface area contributed by atoms with E-state index in [1.54, 1.807) is 0 Å². The molecule has 20 heavy (non-hydrogen) atoms. The van der Waals surface area contributed by atoms with Crippen LogP contribution in [0.15, 0.2) is 12.5 Å². The van der Waals surface area contributed by atoms with Crippen molar-refractivity contribution in [3.63, 3.8) is 0 Å². The topological polar surface area (TPSA) is 67.2 Å². The molecule has 0 amide bonds. The minimum absolute atomic E-state index is 0.114. The third-order valence-electron chi connectivity index (χ3n) is 4.20. The maximum atomic E-state index is 10.9. The highest BCUT2D eigenvalue weighted by atomic mass is 16.4. The third kappa shape index (κ3) is 4.07. The Labute approximate surface area is 120 Å². The fraction of sp³-hybridized carbons (Fsp3) is 0.733. The zero-order valence-corrected chi connectivity index (χ0v) is 12.2. The molecule has 1 heterocycles. The summed E-state index contributed by atoms with van der Waals surface area (Å²) in [6.07, 6.45) is 8.63. The van der Waals surface area contributed by atoms with Gasteiger partial charge in [-0.25, -0.2) is 4.98 Å². The maximum absolute atomic E-state index is 10.9. The first-order valence-corrected chi connectivity index (χ1v) is 7.63. The van der Waals surface area contributed by atoms with E-state index in [1.165, 1.54) is 5.69 Å². The van der Waals surface area contributed by atoms with E-state index in [9.17, 15) is 4.79 Å². The molecule has 1 saturated carbocycles. The average molecular weight is 279 g/mol. The summed E-state index contributed by atoms with van der Waals surface area (Å²) in [5, 5.41) is 12.5. The van der Waals surface area contributed by atoms with Crippen molar-refractivity contribution in [2.24, 2.45) is 11.8 Å². The van der Waals surface area contributed by atoms with Gasteiger partial charge in [0.15, 0.2) is 0 Å². The van der Waals surface area contributed by atoms with E-state index in [0.29, 0.717) is 5.92 Å². The molecule has 2 rings (SSSR count). The van der Waals surface area contributed by atoms with Crippen LogP contribution in [-0.2, 0) is 17.9 Å². The molecule has 0 bridgehead atoms. The van der Waals surface area contributed by atoms with E-state index < -0.39 is 5.97 Å². The Morgan fingerprint density at radius 1 is 1.45 bits per heavy atom. The van der Waals surface area contributed by atoms with E-state index in [2.05, 4.69) is 21.8 Å². The number of rotatable bonds is 7. The molecular weight excluding hydrogens is 254 g/mol. The molecule has 5 nitrogen and oxygen atoms in total. The minimum Gasteiger partial charge on any atom is -0.481 e. The number of hydrogen-bond donors (Lipinski definition) is 2. The summed E-state index contributed by atoms with van der Waals surface area (Å²) in [5.74, 6) is -0.120. The second-order valence-electron chi connectivity index (χ2n) is 5.77. The largest absolute Gasteiger partial charge is 0.481 e.